The van der Waals surface area contributed by atoms with Crippen molar-refractivity contribution < 1.29 is 9.21 Å². The van der Waals surface area contributed by atoms with Crippen molar-refractivity contribution in [2.75, 3.05) is 13.1 Å². The van der Waals surface area contributed by atoms with Crippen LogP contribution >= 0.6 is 0 Å². The summed E-state index contributed by atoms with van der Waals surface area (Å²) in [5.41, 5.74) is 1.06. The van der Waals surface area contributed by atoms with E-state index in [1.165, 1.54) is 19.3 Å². The fraction of sp³-hybridized carbons (Fsp3) is 0.480. The number of benzene rings is 1. The molecular weight excluding hydrogens is 388 g/mol. The zero-order valence-corrected chi connectivity index (χ0v) is 18.0. The molecular formula is C25H30N4O2. The predicted octanol–water partition coefficient (Wildman–Crippen LogP) is 4.60. The predicted molar refractivity (Wildman–Crippen MR) is 119 cm³/mol. The minimum Gasteiger partial charge on any atom is -0.461 e. The molecule has 6 nitrogen and oxygen atoms in total. The number of nitrogens with zero attached hydrogens (tertiary/aromatic N) is 4. The Labute approximate surface area is 183 Å². The van der Waals surface area contributed by atoms with E-state index in [0.29, 0.717) is 18.8 Å². The molecule has 0 aliphatic carbocycles. The third kappa shape index (κ3) is 4.43. The van der Waals surface area contributed by atoms with Crippen LogP contribution in [0.3, 0.4) is 0 Å². The maximum Gasteiger partial charge on any atom is 0.223 e. The highest BCUT2D eigenvalue weighted by Crippen LogP contribution is 2.29. The van der Waals surface area contributed by atoms with Gasteiger partial charge < -0.3 is 13.9 Å². The van der Waals surface area contributed by atoms with Crippen molar-refractivity contribution >= 4 is 5.91 Å². The lowest BCUT2D eigenvalue weighted by atomic mass is 9.96. The Hall–Kier alpha value is -2.89. The van der Waals surface area contributed by atoms with Gasteiger partial charge in [0.1, 0.15) is 23.2 Å². The second-order valence-corrected chi connectivity index (χ2v) is 8.75. The van der Waals surface area contributed by atoms with Crippen LogP contribution < -0.4 is 0 Å². The summed E-state index contributed by atoms with van der Waals surface area (Å²) >= 11 is 0. The van der Waals surface area contributed by atoms with E-state index in [2.05, 4.69) is 14.8 Å². The SMILES string of the molecule is O=C(CCc1ccc(-c2ccccc2)o1)N1CCCC(c2nnc3n2CCCCC3)C1. The fourth-order valence-electron chi connectivity index (χ4n) is 4.88. The van der Waals surface area contributed by atoms with Crippen LogP contribution in [0.15, 0.2) is 46.9 Å². The van der Waals surface area contributed by atoms with Gasteiger partial charge in [-0.05, 0) is 37.8 Å². The smallest absolute Gasteiger partial charge is 0.223 e. The molecule has 0 radical (unpaired) electrons. The van der Waals surface area contributed by atoms with Crippen molar-refractivity contribution in [2.45, 2.75) is 63.8 Å². The van der Waals surface area contributed by atoms with Gasteiger partial charge in [0, 0.05) is 50.4 Å². The third-order valence-electron chi connectivity index (χ3n) is 6.58. The molecule has 1 atom stereocenters. The molecule has 0 N–H and O–H groups in total. The monoisotopic (exact) mass is 418 g/mol. The van der Waals surface area contributed by atoms with Gasteiger partial charge in [-0.3, -0.25) is 4.79 Å². The lowest BCUT2D eigenvalue weighted by molar-refractivity contribution is -0.132. The normalized spacial score (nSPS) is 19.1. The Bertz CT molecular complexity index is 1020. The minimum atomic E-state index is 0.206. The molecule has 5 rings (SSSR count). The molecule has 6 heteroatoms. The first-order chi connectivity index (χ1) is 15.3. The summed E-state index contributed by atoms with van der Waals surface area (Å²) in [6.45, 7) is 2.61. The quantitative estimate of drug-likeness (QED) is 0.607. The molecule has 0 spiro atoms. The zero-order valence-electron chi connectivity index (χ0n) is 18.0. The average Bonchev–Trinajstić information content (AvgIpc) is 3.39. The first-order valence-corrected chi connectivity index (χ1v) is 11.6. The van der Waals surface area contributed by atoms with E-state index in [0.717, 1.165) is 67.6 Å². The molecule has 1 saturated heterocycles. The highest BCUT2D eigenvalue weighted by molar-refractivity contribution is 5.76. The topological polar surface area (TPSA) is 64.2 Å². The molecule has 0 bridgehead atoms. The molecule has 1 fully saturated rings. The number of amides is 1. The molecule has 2 aliphatic rings. The van der Waals surface area contributed by atoms with Gasteiger partial charge in [0.15, 0.2) is 0 Å². The second kappa shape index (κ2) is 9.08. The van der Waals surface area contributed by atoms with Gasteiger partial charge in [0.05, 0.1) is 0 Å². The number of carbonyl (C=O) groups is 1. The molecule has 162 valence electrons. The van der Waals surface area contributed by atoms with Crippen molar-refractivity contribution in [3.63, 3.8) is 0 Å². The van der Waals surface area contributed by atoms with E-state index < -0.39 is 0 Å². The van der Waals surface area contributed by atoms with E-state index in [4.69, 9.17) is 4.42 Å². The van der Waals surface area contributed by atoms with Crippen molar-refractivity contribution in [3.8, 4) is 11.3 Å². The number of furan rings is 1. The summed E-state index contributed by atoms with van der Waals surface area (Å²) in [7, 11) is 0. The van der Waals surface area contributed by atoms with E-state index in [1.807, 2.05) is 47.4 Å². The second-order valence-electron chi connectivity index (χ2n) is 8.75. The van der Waals surface area contributed by atoms with E-state index >= 15 is 0 Å². The summed E-state index contributed by atoms with van der Waals surface area (Å²) in [5, 5.41) is 9.00. The Kier molecular flexibility index (Phi) is 5.87. The van der Waals surface area contributed by atoms with Crippen LogP contribution in [0.1, 0.15) is 61.9 Å². The van der Waals surface area contributed by atoms with Crippen molar-refractivity contribution in [1.82, 2.24) is 19.7 Å². The number of aromatic nitrogens is 3. The van der Waals surface area contributed by atoms with Crippen LogP contribution in [0.5, 0.6) is 0 Å². The first-order valence-electron chi connectivity index (χ1n) is 11.6. The van der Waals surface area contributed by atoms with Gasteiger partial charge >= 0.3 is 0 Å². The van der Waals surface area contributed by atoms with Crippen LogP contribution in [0.2, 0.25) is 0 Å². The Morgan fingerprint density at radius 3 is 2.81 bits per heavy atom. The number of likely N-dealkylation sites (tertiary alicyclic amines) is 1. The van der Waals surface area contributed by atoms with Gasteiger partial charge in [-0.15, -0.1) is 10.2 Å². The number of carbonyl (C=O) groups excluding carboxylic acids is 1. The summed E-state index contributed by atoms with van der Waals surface area (Å²) in [6.07, 6.45) is 7.90. The number of fused-ring (bicyclic) bond motifs is 1. The van der Waals surface area contributed by atoms with E-state index in [1.54, 1.807) is 0 Å². The van der Waals surface area contributed by atoms with Gasteiger partial charge in [-0.1, -0.05) is 36.8 Å². The molecule has 1 unspecified atom stereocenters. The molecule has 31 heavy (non-hydrogen) atoms. The first kappa shape index (κ1) is 20.0. The van der Waals surface area contributed by atoms with Crippen LogP contribution in [0.25, 0.3) is 11.3 Å². The Morgan fingerprint density at radius 1 is 1.00 bits per heavy atom. The molecule has 1 amide bonds. The summed E-state index contributed by atoms with van der Waals surface area (Å²) in [5.74, 6) is 4.44. The summed E-state index contributed by atoms with van der Waals surface area (Å²) < 4.78 is 8.30. The molecule has 3 aromatic rings. The summed E-state index contributed by atoms with van der Waals surface area (Å²) in [4.78, 5) is 15.0. The van der Waals surface area contributed by atoms with Gasteiger partial charge in [-0.2, -0.15) is 0 Å². The van der Waals surface area contributed by atoms with Crippen molar-refractivity contribution in [2.24, 2.45) is 0 Å². The summed E-state index contributed by atoms with van der Waals surface area (Å²) in [6, 6.07) is 14.0. The zero-order chi connectivity index (χ0) is 21.0. The largest absolute Gasteiger partial charge is 0.461 e. The van der Waals surface area contributed by atoms with Crippen LogP contribution in [-0.4, -0.2) is 38.7 Å². The number of hydrogen-bond acceptors (Lipinski definition) is 4. The van der Waals surface area contributed by atoms with Crippen LogP contribution in [-0.2, 0) is 24.2 Å². The number of piperidine rings is 1. The molecule has 4 heterocycles. The maximum absolute atomic E-state index is 12.9. The van der Waals surface area contributed by atoms with Gasteiger partial charge in [0.25, 0.3) is 0 Å². The van der Waals surface area contributed by atoms with Gasteiger partial charge in [-0.25, -0.2) is 0 Å². The minimum absolute atomic E-state index is 0.206. The van der Waals surface area contributed by atoms with Gasteiger partial charge in [0.2, 0.25) is 5.91 Å². The lowest BCUT2D eigenvalue weighted by Gasteiger charge is -2.32. The van der Waals surface area contributed by atoms with E-state index in [-0.39, 0.29) is 5.91 Å². The molecule has 2 aliphatic heterocycles. The number of rotatable bonds is 5. The van der Waals surface area contributed by atoms with Crippen LogP contribution in [0, 0.1) is 0 Å². The van der Waals surface area contributed by atoms with E-state index in [9.17, 15) is 4.79 Å². The van der Waals surface area contributed by atoms with Crippen molar-refractivity contribution in [1.29, 1.82) is 0 Å². The molecule has 2 aromatic heterocycles. The fourth-order valence-corrected chi connectivity index (χ4v) is 4.88. The third-order valence-corrected chi connectivity index (χ3v) is 6.58. The standard InChI is InChI=1S/C25H30N4O2/c30-24(15-13-21-12-14-22(31-21)19-8-3-1-4-9-19)28-16-7-10-20(18-28)25-27-26-23-11-5-2-6-17-29(23)25/h1,3-4,8-9,12,14,20H,2,5-7,10-11,13,15-18H2. The molecule has 0 saturated carbocycles. The average molecular weight is 419 g/mol. The maximum atomic E-state index is 12.9. The van der Waals surface area contributed by atoms with Crippen LogP contribution in [0.4, 0.5) is 0 Å². The molecule has 1 aromatic carbocycles. The van der Waals surface area contributed by atoms with Crippen molar-refractivity contribution in [3.05, 3.63) is 59.9 Å². The Balaban J connectivity index is 1.20. The number of hydrogen-bond donors (Lipinski definition) is 0. The number of aryl methyl sites for hydroxylation is 2. The Morgan fingerprint density at radius 2 is 1.90 bits per heavy atom. The lowest BCUT2D eigenvalue weighted by Crippen LogP contribution is -2.40. The highest BCUT2D eigenvalue weighted by Gasteiger charge is 2.29. The highest BCUT2D eigenvalue weighted by atomic mass is 16.3.